The molecule has 0 bridgehead atoms. The van der Waals surface area contributed by atoms with Gasteiger partial charge in [-0.3, -0.25) is 0 Å². The van der Waals surface area contributed by atoms with Crippen LogP contribution in [0.3, 0.4) is 0 Å². The zero-order valence-electron chi connectivity index (χ0n) is 7.80. The van der Waals surface area contributed by atoms with E-state index in [1.807, 2.05) is 0 Å². The van der Waals surface area contributed by atoms with Gasteiger partial charge in [0.1, 0.15) is 0 Å². The number of β-amino-alcohol motifs (C(OH)–C–C–N with tert-alkyl or cyclic N) is 1. The molecule has 0 amide bonds. The maximum atomic E-state index is 10.1. The normalized spacial score (nSPS) is 34.6. The van der Waals surface area contributed by atoms with Crippen LogP contribution in [0.5, 0.6) is 0 Å². The summed E-state index contributed by atoms with van der Waals surface area (Å²) in [6.45, 7) is 6.16. The molecule has 0 saturated carbocycles. The minimum atomic E-state index is -0.424. The third-order valence-corrected chi connectivity index (χ3v) is 2.77. The molecule has 1 fully saturated rings. The summed E-state index contributed by atoms with van der Waals surface area (Å²) in [7, 11) is 2.08. The van der Waals surface area contributed by atoms with Gasteiger partial charge in [0, 0.05) is 6.54 Å². The van der Waals surface area contributed by atoms with Crippen LogP contribution in [0.2, 0.25) is 0 Å². The first-order chi connectivity index (χ1) is 5.04. The van der Waals surface area contributed by atoms with Crippen molar-refractivity contribution in [3.8, 4) is 0 Å². The van der Waals surface area contributed by atoms with Gasteiger partial charge in [-0.15, -0.1) is 0 Å². The summed E-state index contributed by atoms with van der Waals surface area (Å²) in [5, 5.41) is 10.1. The Morgan fingerprint density at radius 2 is 2.09 bits per heavy atom. The first-order valence-electron chi connectivity index (χ1n) is 4.45. The molecule has 1 heterocycles. The van der Waals surface area contributed by atoms with Crippen molar-refractivity contribution >= 4 is 0 Å². The summed E-state index contributed by atoms with van der Waals surface area (Å²) in [5.41, 5.74) is -0.424. The molecular formula is C9H19NO. The molecule has 1 rings (SSSR count). The van der Waals surface area contributed by atoms with Crippen molar-refractivity contribution in [2.45, 2.75) is 32.3 Å². The molecule has 1 aliphatic rings. The lowest BCUT2D eigenvalue weighted by molar-refractivity contribution is -0.0583. The van der Waals surface area contributed by atoms with Crippen LogP contribution in [0.15, 0.2) is 0 Å². The molecule has 2 nitrogen and oxygen atoms in total. The van der Waals surface area contributed by atoms with Crippen LogP contribution in [0.1, 0.15) is 26.7 Å². The molecule has 1 saturated heterocycles. The highest BCUT2D eigenvalue weighted by molar-refractivity contribution is 4.88. The predicted molar refractivity (Wildman–Crippen MR) is 46.5 cm³/mol. The lowest BCUT2D eigenvalue weighted by Gasteiger charge is -2.40. The van der Waals surface area contributed by atoms with Crippen molar-refractivity contribution < 1.29 is 5.11 Å². The van der Waals surface area contributed by atoms with Crippen LogP contribution in [-0.4, -0.2) is 35.7 Å². The minimum Gasteiger partial charge on any atom is -0.388 e. The number of nitrogens with zero attached hydrogens (tertiary/aromatic N) is 1. The van der Waals surface area contributed by atoms with Crippen molar-refractivity contribution in [2.24, 2.45) is 5.92 Å². The van der Waals surface area contributed by atoms with Crippen LogP contribution in [0.25, 0.3) is 0 Å². The number of aliphatic hydroxyl groups is 1. The SMILES string of the molecule is CC(C)[C@@]1(O)CCCN(C)C1. The Morgan fingerprint density at radius 3 is 2.45 bits per heavy atom. The molecule has 1 N–H and O–H groups in total. The third-order valence-electron chi connectivity index (χ3n) is 2.77. The highest BCUT2D eigenvalue weighted by Crippen LogP contribution is 2.27. The third kappa shape index (κ3) is 1.94. The number of likely N-dealkylation sites (tertiary alicyclic amines) is 1. The highest BCUT2D eigenvalue weighted by Gasteiger charge is 2.34. The molecule has 66 valence electrons. The zero-order chi connectivity index (χ0) is 8.48. The van der Waals surface area contributed by atoms with Gasteiger partial charge in [-0.1, -0.05) is 13.8 Å². The molecule has 0 unspecified atom stereocenters. The van der Waals surface area contributed by atoms with Crippen LogP contribution >= 0.6 is 0 Å². The number of rotatable bonds is 1. The molecule has 0 aliphatic carbocycles. The predicted octanol–water partition coefficient (Wildman–Crippen LogP) is 1.10. The molecule has 1 aliphatic heterocycles. The maximum absolute atomic E-state index is 10.1. The number of likely N-dealkylation sites (N-methyl/N-ethyl adjacent to an activating group) is 1. The second-order valence-corrected chi connectivity index (χ2v) is 4.10. The lowest BCUT2D eigenvalue weighted by Crippen LogP contribution is -2.49. The fraction of sp³-hybridized carbons (Fsp3) is 1.00. The van der Waals surface area contributed by atoms with Crippen molar-refractivity contribution in [1.82, 2.24) is 4.90 Å². The van der Waals surface area contributed by atoms with E-state index in [9.17, 15) is 5.11 Å². The summed E-state index contributed by atoms with van der Waals surface area (Å²) in [6.07, 6.45) is 2.10. The first kappa shape index (κ1) is 9.01. The summed E-state index contributed by atoms with van der Waals surface area (Å²) in [6, 6.07) is 0. The van der Waals surface area contributed by atoms with Gasteiger partial charge >= 0.3 is 0 Å². The van der Waals surface area contributed by atoms with E-state index in [4.69, 9.17) is 0 Å². The quantitative estimate of drug-likeness (QED) is 0.616. The molecule has 11 heavy (non-hydrogen) atoms. The maximum Gasteiger partial charge on any atom is 0.0797 e. The Hall–Kier alpha value is -0.0800. The van der Waals surface area contributed by atoms with Gasteiger partial charge in [0.05, 0.1) is 5.60 Å². The van der Waals surface area contributed by atoms with Gasteiger partial charge in [0.25, 0.3) is 0 Å². The smallest absolute Gasteiger partial charge is 0.0797 e. The van der Waals surface area contributed by atoms with Gasteiger partial charge in [-0.2, -0.15) is 0 Å². The Balaban J connectivity index is 2.55. The van der Waals surface area contributed by atoms with Gasteiger partial charge in [0.15, 0.2) is 0 Å². The molecule has 1 atom stereocenters. The Morgan fingerprint density at radius 1 is 1.45 bits per heavy atom. The van der Waals surface area contributed by atoms with E-state index in [0.29, 0.717) is 5.92 Å². The van der Waals surface area contributed by atoms with Crippen LogP contribution < -0.4 is 0 Å². The fourth-order valence-corrected chi connectivity index (χ4v) is 1.75. The topological polar surface area (TPSA) is 23.5 Å². The second kappa shape index (κ2) is 3.11. The Bertz CT molecular complexity index is 136. The molecule has 2 heteroatoms. The van der Waals surface area contributed by atoms with E-state index in [2.05, 4.69) is 25.8 Å². The van der Waals surface area contributed by atoms with Gasteiger partial charge in [-0.25, -0.2) is 0 Å². The number of hydrogen-bond donors (Lipinski definition) is 1. The van der Waals surface area contributed by atoms with E-state index in [1.165, 1.54) is 0 Å². The van der Waals surface area contributed by atoms with E-state index in [-0.39, 0.29) is 0 Å². The summed E-state index contributed by atoms with van der Waals surface area (Å²) >= 11 is 0. The zero-order valence-corrected chi connectivity index (χ0v) is 7.80. The second-order valence-electron chi connectivity index (χ2n) is 4.10. The van der Waals surface area contributed by atoms with Crippen LogP contribution in [-0.2, 0) is 0 Å². The van der Waals surface area contributed by atoms with Crippen LogP contribution in [0, 0.1) is 5.92 Å². The van der Waals surface area contributed by atoms with Crippen molar-refractivity contribution in [2.75, 3.05) is 20.1 Å². The number of piperidine rings is 1. The van der Waals surface area contributed by atoms with Gasteiger partial charge in [-0.05, 0) is 32.4 Å². The molecule has 0 radical (unpaired) electrons. The van der Waals surface area contributed by atoms with Crippen molar-refractivity contribution in [3.05, 3.63) is 0 Å². The molecule has 0 aromatic rings. The Kier molecular flexibility index (Phi) is 2.55. The summed E-state index contributed by atoms with van der Waals surface area (Å²) in [5.74, 6) is 0.380. The largest absolute Gasteiger partial charge is 0.388 e. The highest BCUT2D eigenvalue weighted by atomic mass is 16.3. The molecule has 0 aromatic heterocycles. The summed E-state index contributed by atoms with van der Waals surface area (Å²) in [4.78, 5) is 2.21. The first-order valence-corrected chi connectivity index (χ1v) is 4.45. The fourth-order valence-electron chi connectivity index (χ4n) is 1.75. The minimum absolute atomic E-state index is 0.380. The standard InChI is InChI=1S/C9H19NO/c1-8(2)9(11)5-4-6-10(3)7-9/h8,11H,4-7H2,1-3H3/t9-/m1/s1. The van der Waals surface area contributed by atoms with Crippen molar-refractivity contribution in [3.63, 3.8) is 0 Å². The average Bonchev–Trinajstić information content (AvgIpc) is 1.86. The lowest BCUT2D eigenvalue weighted by atomic mass is 9.83. The van der Waals surface area contributed by atoms with E-state index in [0.717, 1.165) is 25.9 Å². The Labute approximate surface area is 69.2 Å². The van der Waals surface area contributed by atoms with E-state index >= 15 is 0 Å². The monoisotopic (exact) mass is 157 g/mol. The van der Waals surface area contributed by atoms with Crippen LogP contribution in [0.4, 0.5) is 0 Å². The van der Waals surface area contributed by atoms with E-state index in [1.54, 1.807) is 0 Å². The molecule has 0 aromatic carbocycles. The van der Waals surface area contributed by atoms with Gasteiger partial charge < -0.3 is 10.0 Å². The summed E-state index contributed by atoms with van der Waals surface area (Å²) < 4.78 is 0. The van der Waals surface area contributed by atoms with E-state index < -0.39 is 5.60 Å². The average molecular weight is 157 g/mol. The molecule has 0 spiro atoms. The van der Waals surface area contributed by atoms with Gasteiger partial charge in [0.2, 0.25) is 0 Å². The molecular weight excluding hydrogens is 138 g/mol. The number of hydrogen-bond acceptors (Lipinski definition) is 2. The van der Waals surface area contributed by atoms with Crippen molar-refractivity contribution in [1.29, 1.82) is 0 Å².